The highest BCUT2D eigenvalue weighted by Crippen LogP contribution is 2.15. The summed E-state index contributed by atoms with van der Waals surface area (Å²) in [6.45, 7) is 6.03. The Balaban J connectivity index is 2.55. The van der Waals surface area contributed by atoms with E-state index in [2.05, 4.69) is 19.2 Å². The van der Waals surface area contributed by atoms with Gasteiger partial charge in [-0.2, -0.15) is 0 Å². The van der Waals surface area contributed by atoms with Crippen LogP contribution in [0.25, 0.3) is 0 Å². The largest absolute Gasteiger partial charge is 0.478 e. The zero-order valence-electron chi connectivity index (χ0n) is 12.7. The van der Waals surface area contributed by atoms with Gasteiger partial charge in [0.25, 0.3) is 5.91 Å². The smallest absolute Gasteiger partial charge is 0.335 e. The number of carboxylic acid groups (broad SMARTS) is 1. The first-order valence-electron chi connectivity index (χ1n) is 7.05. The average molecular weight is 293 g/mol. The number of hydrogen-bond acceptors (Lipinski definition) is 3. The Morgan fingerprint density at radius 2 is 1.71 bits per heavy atom. The summed E-state index contributed by atoms with van der Waals surface area (Å²) in [5.41, 5.74) is -0.434. The Morgan fingerprint density at radius 1 is 1.19 bits per heavy atom. The van der Waals surface area contributed by atoms with Gasteiger partial charge in [-0.05, 0) is 49.9 Å². The minimum absolute atomic E-state index is 0.135. The SMILES string of the molecule is CC(C)CCC(C)(O)CNC(=O)c1ccc(C(=O)O)cc1. The first-order valence-corrected chi connectivity index (χ1v) is 7.05. The average Bonchev–Trinajstić information content (AvgIpc) is 2.43. The van der Waals surface area contributed by atoms with Gasteiger partial charge in [0, 0.05) is 12.1 Å². The van der Waals surface area contributed by atoms with E-state index in [0.717, 1.165) is 6.42 Å². The standard InChI is InChI=1S/C16H23NO4/c1-11(2)8-9-16(3,21)10-17-14(18)12-4-6-13(7-5-12)15(19)20/h4-7,11,21H,8-10H2,1-3H3,(H,17,18)(H,19,20). The number of carbonyl (C=O) groups excluding carboxylic acids is 1. The van der Waals surface area contributed by atoms with Crippen LogP contribution in [-0.4, -0.2) is 34.2 Å². The molecule has 116 valence electrons. The number of rotatable bonds is 7. The lowest BCUT2D eigenvalue weighted by Gasteiger charge is -2.24. The highest BCUT2D eigenvalue weighted by atomic mass is 16.4. The molecule has 5 nitrogen and oxygen atoms in total. The summed E-state index contributed by atoms with van der Waals surface area (Å²) in [5.74, 6) is -0.855. The van der Waals surface area contributed by atoms with E-state index in [1.165, 1.54) is 24.3 Å². The van der Waals surface area contributed by atoms with E-state index < -0.39 is 11.6 Å². The number of benzene rings is 1. The lowest BCUT2D eigenvalue weighted by Crippen LogP contribution is -2.40. The number of amides is 1. The molecule has 0 bridgehead atoms. The summed E-state index contributed by atoms with van der Waals surface area (Å²) in [7, 11) is 0. The lowest BCUT2D eigenvalue weighted by atomic mass is 9.95. The van der Waals surface area contributed by atoms with Gasteiger partial charge in [0.2, 0.25) is 0 Å². The molecule has 1 amide bonds. The van der Waals surface area contributed by atoms with Gasteiger partial charge < -0.3 is 15.5 Å². The number of aromatic carboxylic acids is 1. The maximum absolute atomic E-state index is 11.9. The van der Waals surface area contributed by atoms with Crippen molar-refractivity contribution in [2.75, 3.05) is 6.54 Å². The molecule has 1 aromatic rings. The van der Waals surface area contributed by atoms with Gasteiger partial charge in [0.15, 0.2) is 0 Å². The summed E-state index contributed by atoms with van der Waals surface area (Å²) < 4.78 is 0. The predicted molar refractivity (Wildman–Crippen MR) is 80.4 cm³/mol. The van der Waals surface area contributed by atoms with E-state index in [1.54, 1.807) is 6.92 Å². The monoisotopic (exact) mass is 293 g/mol. The Hall–Kier alpha value is -1.88. The van der Waals surface area contributed by atoms with E-state index in [-0.39, 0.29) is 18.0 Å². The van der Waals surface area contributed by atoms with Gasteiger partial charge in [-0.1, -0.05) is 13.8 Å². The minimum atomic E-state index is -1.03. The van der Waals surface area contributed by atoms with E-state index in [9.17, 15) is 14.7 Å². The molecule has 0 heterocycles. The van der Waals surface area contributed by atoms with E-state index in [0.29, 0.717) is 17.9 Å². The molecule has 0 aliphatic rings. The molecule has 0 spiro atoms. The van der Waals surface area contributed by atoms with Crippen LogP contribution >= 0.6 is 0 Å². The third-order valence-corrected chi connectivity index (χ3v) is 3.28. The van der Waals surface area contributed by atoms with Crippen molar-refractivity contribution in [1.82, 2.24) is 5.32 Å². The fraction of sp³-hybridized carbons (Fsp3) is 0.500. The molecule has 0 fully saturated rings. The molecule has 1 unspecified atom stereocenters. The molecule has 5 heteroatoms. The first kappa shape index (κ1) is 17.2. The molecule has 0 aliphatic heterocycles. The quantitative estimate of drug-likeness (QED) is 0.720. The molecule has 21 heavy (non-hydrogen) atoms. The molecule has 0 saturated heterocycles. The summed E-state index contributed by atoms with van der Waals surface area (Å²) >= 11 is 0. The molecule has 0 saturated carbocycles. The summed E-state index contributed by atoms with van der Waals surface area (Å²) in [5, 5.41) is 21.7. The van der Waals surface area contributed by atoms with Crippen LogP contribution in [0.1, 0.15) is 54.3 Å². The van der Waals surface area contributed by atoms with Crippen LogP contribution in [0, 0.1) is 5.92 Å². The van der Waals surface area contributed by atoms with Gasteiger partial charge in [-0.3, -0.25) is 4.79 Å². The van der Waals surface area contributed by atoms with Crippen LogP contribution in [0.5, 0.6) is 0 Å². The van der Waals surface area contributed by atoms with Crippen molar-refractivity contribution in [2.45, 2.75) is 39.2 Å². The van der Waals surface area contributed by atoms with Gasteiger partial charge in [-0.25, -0.2) is 4.79 Å². The Kier molecular flexibility index (Phi) is 5.90. The zero-order chi connectivity index (χ0) is 16.0. The first-order chi connectivity index (χ1) is 9.71. The van der Waals surface area contributed by atoms with Gasteiger partial charge in [-0.15, -0.1) is 0 Å². The second-order valence-corrected chi connectivity index (χ2v) is 5.99. The van der Waals surface area contributed by atoms with Crippen LogP contribution in [0.3, 0.4) is 0 Å². The number of aliphatic hydroxyl groups is 1. The van der Waals surface area contributed by atoms with Crippen molar-refractivity contribution < 1.29 is 19.8 Å². The molecule has 0 radical (unpaired) electrons. The van der Waals surface area contributed by atoms with E-state index in [1.807, 2.05) is 0 Å². The third-order valence-electron chi connectivity index (χ3n) is 3.28. The molecular weight excluding hydrogens is 270 g/mol. The third kappa shape index (κ3) is 5.95. The zero-order valence-corrected chi connectivity index (χ0v) is 12.7. The second-order valence-electron chi connectivity index (χ2n) is 5.99. The van der Waals surface area contributed by atoms with Crippen LogP contribution < -0.4 is 5.32 Å². The van der Waals surface area contributed by atoms with Crippen LogP contribution in [-0.2, 0) is 0 Å². The van der Waals surface area contributed by atoms with Crippen molar-refractivity contribution in [1.29, 1.82) is 0 Å². The molecule has 0 aliphatic carbocycles. The lowest BCUT2D eigenvalue weighted by molar-refractivity contribution is 0.0429. The minimum Gasteiger partial charge on any atom is -0.478 e. The molecule has 1 aromatic carbocycles. The topological polar surface area (TPSA) is 86.6 Å². The molecule has 0 aromatic heterocycles. The Bertz CT molecular complexity index is 492. The second kappa shape index (κ2) is 7.22. The highest BCUT2D eigenvalue weighted by molar-refractivity contribution is 5.95. The van der Waals surface area contributed by atoms with Crippen LogP contribution in [0.15, 0.2) is 24.3 Å². The Labute approximate surface area is 125 Å². The molecular formula is C16H23NO4. The number of carbonyl (C=O) groups is 2. The fourth-order valence-corrected chi connectivity index (χ4v) is 1.82. The summed E-state index contributed by atoms with van der Waals surface area (Å²) in [6.07, 6.45) is 1.50. The molecule has 1 rings (SSSR count). The van der Waals surface area contributed by atoms with Crippen LogP contribution in [0.2, 0.25) is 0 Å². The maximum Gasteiger partial charge on any atom is 0.335 e. The van der Waals surface area contributed by atoms with Crippen molar-refractivity contribution >= 4 is 11.9 Å². The van der Waals surface area contributed by atoms with Crippen molar-refractivity contribution in [3.63, 3.8) is 0 Å². The van der Waals surface area contributed by atoms with Crippen molar-refractivity contribution in [2.24, 2.45) is 5.92 Å². The Morgan fingerprint density at radius 3 is 2.19 bits per heavy atom. The predicted octanol–water partition coefficient (Wildman–Crippen LogP) is 2.30. The molecule has 3 N–H and O–H groups in total. The maximum atomic E-state index is 11.9. The van der Waals surface area contributed by atoms with Crippen molar-refractivity contribution in [3.05, 3.63) is 35.4 Å². The van der Waals surface area contributed by atoms with Gasteiger partial charge >= 0.3 is 5.97 Å². The fourth-order valence-electron chi connectivity index (χ4n) is 1.82. The normalized spacial score (nSPS) is 13.8. The number of nitrogens with one attached hydrogen (secondary N) is 1. The van der Waals surface area contributed by atoms with E-state index in [4.69, 9.17) is 5.11 Å². The van der Waals surface area contributed by atoms with Gasteiger partial charge in [0.05, 0.1) is 11.2 Å². The highest BCUT2D eigenvalue weighted by Gasteiger charge is 2.21. The van der Waals surface area contributed by atoms with Crippen LogP contribution in [0.4, 0.5) is 0 Å². The number of hydrogen-bond donors (Lipinski definition) is 3. The van der Waals surface area contributed by atoms with Crippen molar-refractivity contribution in [3.8, 4) is 0 Å². The molecule has 1 atom stereocenters. The van der Waals surface area contributed by atoms with Gasteiger partial charge in [0.1, 0.15) is 0 Å². The van der Waals surface area contributed by atoms with E-state index >= 15 is 0 Å². The summed E-state index contributed by atoms with van der Waals surface area (Å²) in [6, 6.07) is 5.69. The summed E-state index contributed by atoms with van der Waals surface area (Å²) in [4.78, 5) is 22.7. The number of carboxylic acids is 1.